The molecular weight excluding hydrogens is 318 g/mol. The van der Waals surface area contributed by atoms with Crippen LogP contribution in [0.25, 0.3) is 0 Å². The van der Waals surface area contributed by atoms with Gasteiger partial charge in [0, 0.05) is 16.7 Å². The maximum Gasteiger partial charge on any atom is 0.275 e. The number of hydrazone groups is 1. The van der Waals surface area contributed by atoms with Crippen molar-refractivity contribution < 1.29 is 14.3 Å². The normalized spacial score (nSPS) is 18.2. The van der Waals surface area contributed by atoms with Gasteiger partial charge in [0.2, 0.25) is 0 Å². The Labute approximate surface area is 145 Å². The van der Waals surface area contributed by atoms with Gasteiger partial charge < -0.3 is 9.47 Å². The van der Waals surface area contributed by atoms with Gasteiger partial charge in [0.05, 0.1) is 26.5 Å². The lowest BCUT2D eigenvalue weighted by atomic mass is 9.87. The minimum absolute atomic E-state index is 0.346. The molecule has 1 atom stereocenters. The summed E-state index contributed by atoms with van der Waals surface area (Å²) >= 11 is 0. The molecule has 3 rings (SSSR count). The van der Waals surface area contributed by atoms with Crippen LogP contribution in [-0.2, 0) is 5.54 Å². The van der Waals surface area contributed by atoms with Crippen molar-refractivity contribution >= 4 is 12.1 Å². The predicted octanol–water partition coefficient (Wildman–Crippen LogP) is 2.93. The van der Waals surface area contributed by atoms with E-state index in [0.29, 0.717) is 28.2 Å². The summed E-state index contributed by atoms with van der Waals surface area (Å²) < 4.78 is 10.6. The lowest BCUT2D eigenvalue weighted by Gasteiger charge is -2.36. The first kappa shape index (κ1) is 16.5. The fourth-order valence-corrected chi connectivity index (χ4v) is 2.84. The molecule has 2 aromatic rings. The van der Waals surface area contributed by atoms with E-state index in [9.17, 15) is 10.1 Å². The second-order valence-electron chi connectivity index (χ2n) is 5.71. The first-order chi connectivity index (χ1) is 12.0. The van der Waals surface area contributed by atoms with Crippen LogP contribution >= 0.6 is 0 Å². The van der Waals surface area contributed by atoms with Gasteiger partial charge in [-0.05, 0) is 31.2 Å². The fraction of sp³-hybridized carbons (Fsp3) is 0.211. The molecule has 6 heteroatoms. The fourth-order valence-electron chi connectivity index (χ4n) is 2.84. The van der Waals surface area contributed by atoms with Crippen LogP contribution in [0.15, 0.2) is 47.6 Å². The standard InChI is InChI=1S/C19H17N3O3/c1-19(12-20)15-10-17(25-3)16(24-2)9-14(15)11-21-22(19)18(23)13-7-5-4-6-8-13/h4-11H,1-3H3. The Bertz CT molecular complexity index is 887. The van der Waals surface area contributed by atoms with Crippen molar-refractivity contribution in [1.29, 1.82) is 5.26 Å². The highest BCUT2D eigenvalue weighted by molar-refractivity contribution is 5.97. The van der Waals surface area contributed by atoms with Crippen molar-refractivity contribution in [3.05, 3.63) is 59.2 Å². The Morgan fingerprint density at radius 2 is 1.80 bits per heavy atom. The van der Waals surface area contributed by atoms with E-state index in [1.54, 1.807) is 56.6 Å². The van der Waals surface area contributed by atoms with Crippen LogP contribution in [0, 0.1) is 11.3 Å². The van der Waals surface area contributed by atoms with Crippen LogP contribution in [0.4, 0.5) is 0 Å². The molecule has 0 saturated carbocycles. The number of nitrogens with zero attached hydrogens (tertiary/aromatic N) is 3. The average molecular weight is 335 g/mol. The number of carbonyl (C=O) groups excluding carboxylic acids is 1. The SMILES string of the molecule is COc1cc2c(cc1OC)C(C)(C#N)N(C(=O)c1ccccc1)N=C2. The van der Waals surface area contributed by atoms with Crippen molar-refractivity contribution in [3.63, 3.8) is 0 Å². The molecule has 1 aliphatic heterocycles. The highest BCUT2D eigenvalue weighted by atomic mass is 16.5. The molecule has 6 nitrogen and oxygen atoms in total. The van der Waals surface area contributed by atoms with Crippen LogP contribution in [0.2, 0.25) is 0 Å². The van der Waals surface area contributed by atoms with E-state index in [1.165, 1.54) is 12.1 Å². The second-order valence-corrected chi connectivity index (χ2v) is 5.71. The van der Waals surface area contributed by atoms with Crippen molar-refractivity contribution in [1.82, 2.24) is 5.01 Å². The van der Waals surface area contributed by atoms with Crippen LogP contribution in [0.3, 0.4) is 0 Å². The van der Waals surface area contributed by atoms with Crippen molar-refractivity contribution in [2.45, 2.75) is 12.5 Å². The molecule has 0 radical (unpaired) electrons. The van der Waals surface area contributed by atoms with Crippen LogP contribution < -0.4 is 9.47 Å². The average Bonchev–Trinajstić information content (AvgIpc) is 2.67. The van der Waals surface area contributed by atoms with Crippen molar-refractivity contribution in [2.75, 3.05) is 14.2 Å². The Morgan fingerprint density at radius 3 is 2.40 bits per heavy atom. The molecule has 0 aliphatic carbocycles. The Kier molecular flexibility index (Phi) is 4.15. The van der Waals surface area contributed by atoms with E-state index in [4.69, 9.17) is 9.47 Å². The van der Waals surface area contributed by atoms with Crippen molar-refractivity contribution in [3.8, 4) is 17.6 Å². The van der Waals surface area contributed by atoms with E-state index in [2.05, 4.69) is 11.2 Å². The molecule has 0 fully saturated rings. The largest absolute Gasteiger partial charge is 0.493 e. The van der Waals surface area contributed by atoms with E-state index in [-0.39, 0.29) is 5.91 Å². The van der Waals surface area contributed by atoms with Gasteiger partial charge in [-0.1, -0.05) is 18.2 Å². The third kappa shape index (κ3) is 2.60. The van der Waals surface area contributed by atoms with Crippen LogP contribution in [-0.4, -0.2) is 31.4 Å². The summed E-state index contributed by atoms with van der Waals surface area (Å²) in [7, 11) is 3.07. The molecule has 0 bridgehead atoms. The van der Waals surface area contributed by atoms with E-state index in [1.807, 2.05) is 6.07 Å². The first-order valence-electron chi connectivity index (χ1n) is 7.66. The second kappa shape index (κ2) is 6.29. The predicted molar refractivity (Wildman–Crippen MR) is 92.7 cm³/mol. The molecule has 1 aliphatic rings. The van der Waals surface area contributed by atoms with Gasteiger partial charge in [-0.2, -0.15) is 10.4 Å². The number of carbonyl (C=O) groups is 1. The van der Waals surface area contributed by atoms with Crippen LogP contribution in [0.5, 0.6) is 11.5 Å². The number of methoxy groups -OCH3 is 2. The smallest absolute Gasteiger partial charge is 0.275 e. The summed E-state index contributed by atoms with van der Waals surface area (Å²) in [5.41, 5.74) is 0.534. The first-order valence-corrected chi connectivity index (χ1v) is 7.66. The van der Waals surface area contributed by atoms with E-state index >= 15 is 0 Å². The van der Waals surface area contributed by atoms with E-state index in [0.717, 1.165) is 0 Å². The quantitative estimate of drug-likeness (QED) is 0.864. The zero-order valence-electron chi connectivity index (χ0n) is 14.2. The van der Waals surface area contributed by atoms with Gasteiger partial charge in [0.1, 0.15) is 0 Å². The molecule has 0 spiro atoms. The van der Waals surface area contributed by atoms with Gasteiger partial charge in [-0.25, -0.2) is 5.01 Å². The molecule has 0 N–H and O–H groups in total. The maximum atomic E-state index is 12.9. The molecule has 25 heavy (non-hydrogen) atoms. The molecule has 1 amide bonds. The lowest BCUT2D eigenvalue weighted by Crippen LogP contribution is -2.46. The van der Waals surface area contributed by atoms with Gasteiger partial charge in [-0.15, -0.1) is 0 Å². The minimum atomic E-state index is -1.27. The number of rotatable bonds is 3. The number of ether oxygens (including phenoxy) is 2. The number of benzene rings is 2. The molecule has 0 aromatic heterocycles. The molecule has 1 unspecified atom stereocenters. The third-order valence-electron chi connectivity index (χ3n) is 4.25. The highest BCUT2D eigenvalue weighted by Gasteiger charge is 2.42. The molecule has 2 aromatic carbocycles. The Hall–Kier alpha value is -3.33. The third-order valence-corrected chi connectivity index (χ3v) is 4.25. The van der Waals surface area contributed by atoms with Crippen molar-refractivity contribution in [2.24, 2.45) is 5.10 Å². The van der Waals surface area contributed by atoms with E-state index < -0.39 is 5.54 Å². The summed E-state index contributed by atoms with van der Waals surface area (Å²) in [6.07, 6.45) is 1.55. The summed E-state index contributed by atoms with van der Waals surface area (Å²) in [6.45, 7) is 1.66. The minimum Gasteiger partial charge on any atom is -0.493 e. The number of amides is 1. The zero-order chi connectivity index (χ0) is 18.0. The summed E-state index contributed by atoms with van der Waals surface area (Å²) in [5, 5.41) is 15.3. The molecule has 126 valence electrons. The summed E-state index contributed by atoms with van der Waals surface area (Å²) in [4.78, 5) is 12.9. The zero-order valence-corrected chi connectivity index (χ0v) is 14.2. The van der Waals surface area contributed by atoms with Gasteiger partial charge in [-0.3, -0.25) is 4.79 Å². The maximum absolute atomic E-state index is 12.9. The van der Waals surface area contributed by atoms with Crippen LogP contribution in [0.1, 0.15) is 28.4 Å². The molecular formula is C19H17N3O3. The topological polar surface area (TPSA) is 74.9 Å². The van der Waals surface area contributed by atoms with Gasteiger partial charge in [0.15, 0.2) is 17.0 Å². The lowest BCUT2D eigenvalue weighted by molar-refractivity contribution is 0.0608. The molecule has 1 heterocycles. The Balaban J connectivity index is 2.13. The highest BCUT2D eigenvalue weighted by Crippen LogP contribution is 2.40. The summed E-state index contributed by atoms with van der Waals surface area (Å²) in [5.74, 6) is 0.683. The van der Waals surface area contributed by atoms with Gasteiger partial charge in [0.25, 0.3) is 5.91 Å². The number of fused-ring (bicyclic) bond motifs is 1. The van der Waals surface area contributed by atoms with Gasteiger partial charge >= 0.3 is 0 Å². The summed E-state index contributed by atoms with van der Waals surface area (Å²) in [6, 6.07) is 14.4. The number of hydrogen-bond donors (Lipinski definition) is 0. The monoisotopic (exact) mass is 335 g/mol. The molecule has 0 saturated heterocycles. The Morgan fingerprint density at radius 1 is 1.16 bits per heavy atom. The number of hydrogen-bond acceptors (Lipinski definition) is 5. The number of nitriles is 1.